The lowest BCUT2D eigenvalue weighted by atomic mass is 10.3. The van der Waals surface area contributed by atoms with E-state index >= 15 is 0 Å². The summed E-state index contributed by atoms with van der Waals surface area (Å²) < 4.78 is -0.204. The number of rotatable bonds is 6. The average molecular weight is 513 g/mol. The number of halogens is 6. The van der Waals surface area contributed by atoms with Gasteiger partial charge < -0.3 is 0 Å². The smallest absolute Gasteiger partial charge is 0.0808 e. The van der Waals surface area contributed by atoms with E-state index in [1.807, 2.05) is 38.1 Å². The molecule has 25 heavy (non-hydrogen) atoms. The van der Waals surface area contributed by atoms with E-state index in [1.54, 1.807) is 0 Å². The highest BCUT2D eigenvalue weighted by molar-refractivity contribution is 8.01. The van der Waals surface area contributed by atoms with Gasteiger partial charge in [0.1, 0.15) is 0 Å². The lowest BCUT2D eigenvalue weighted by molar-refractivity contribution is 1.30. The summed E-state index contributed by atoms with van der Waals surface area (Å²) in [4.78, 5) is 3.26. The van der Waals surface area contributed by atoms with E-state index in [-0.39, 0.29) is 9.42 Å². The summed E-state index contributed by atoms with van der Waals surface area (Å²) in [5.41, 5.74) is 0. The number of thioether (sulfide) groups is 2. The van der Waals surface area contributed by atoms with Crippen LogP contribution in [0.3, 0.4) is 0 Å². The molecule has 0 aromatic heterocycles. The standard InChI is InChI=1S/C16H12Cl6S3/c1-7(17)23-13-3-11(21)15(5-9(13)19)25-16-6-10(20)14(4-12(16)22)24-8(2)18/h3-8H,1-2H3. The molecule has 2 aromatic rings. The van der Waals surface area contributed by atoms with E-state index in [0.29, 0.717) is 20.1 Å². The molecule has 136 valence electrons. The highest BCUT2D eigenvalue weighted by Gasteiger charge is 2.15. The highest BCUT2D eigenvalue weighted by Crippen LogP contribution is 2.45. The maximum Gasteiger partial charge on any atom is 0.0808 e. The zero-order chi connectivity index (χ0) is 18.7. The monoisotopic (exact) mass is 510 g/mol. The van der Waals surface area contributed by atoms with Crippen LogP contribution in [-0.4, -0.2) is 9.42 Å². The van der Waals surface area contributed by atoms with Gasteiger partial charge in [0.05, 0.1) is 29.5 Å². The maximum atomic E-state index is 6.39. The van der Waals surface area contributed by atoms with Gasteiger partial charge in [0.2, 0.25) is 0 Å². The summed E-state index contributed by atoms with van der Waals surface area (Å²) in [6.45, 7) is 3.75. The molecule has 0 saturated carbocycles. The van der Waals surface area contributed by atoms with Crippen LogP contribution >= 0.6 is 105 Å². The first-order chi connectivity index (χ1) is 11.7. The fourth-order valence-electron chi connectivity index (χ4n) is 1.83. The average Bonchev–Trinajstić information content (AvgIpc) is 2.48. The molecule has 2 rings (SSSR count). The highest BCUT2D eigenvalue weighted by atomic mass is 35.5. The summed E-state index contributed by atoms with van der Waals surface area (Å²) in [7, 11) is 0. The van der Waals surface area contributed by atoms with E-state index in [9.17, 15) is 0 Å². The maximum absolute atomic E-state index is 6.39. The second-order valence-electron chi connectivity index (χ2n) is 4.85. The first kappa shape index (κ1) is 22.5. The minimum atomic E-state index is -0.102. The van der Waals surface area contributed by atoms with Crippen molar-refractivity contribution < 1.29 is 0 Å². The molecular formula is C16H12Cl6S3. The summed E-state index contributed by atoms with van der Waals surface area (Å²) >= 11 is 41.8. The van der Waals surface area contributed by atoms with E-state index in [2.05, 4.69) is 0 Å². The molecule has 2 aromatic carbocycles. The molecule has 0 N–H and O–H groups in total. The van der Waals surface area contributed by atoms with Gasteiger partial charge in [-0.15, -0.1) is 46.7 Å². The van der Waals surface area contributed by atoms with Crippen LogP contribution in [0.1, 0.15) is 13.8 Å². The predicted octanol–water partition coefficient (Wildman–Crippen LogP) is 9.81. The third kappa shape index (κ3) is 6.66. The fraction of sp³-hybridized carbons (Fsp3) is 0.250. The zero-order valence-electron chi connectivity index (χ0n) is 13.0. The summed E-state index contributed by atoms with van der Waals surface area (Å²) in [6.07, 6.45) is 0. The van der Waals surface area contributed by atoms with Crippen LogP contribution in [0, 0.1) is 0 Å². The van der Waals surface area contributed by atoms with Crippen molar-refractivity contribution in [1.82, 2.24) is 0 Å². The predicted molar refractivity (Wildman–Crippen MR) is 119 cm³/mol. The summed E-state index contributed by atoms with van der Waals surface area (Å²) in [5.74, 6) is 0. The van der Waals surface area contributed by atoms with Crippen molar-refractivity contribution in [3.8, 4) is 0 Å². The Morgan fingerprint density at radius 2 is 0.880 bits per heavy atom. The van der Waals surface area contributed by atoms with E-state index < -0.39 is 0 Å². The minimum absolute atomic E-state index is 0.102. The molecule has 0 spiro atoms. The van der Waals surface area contributed by atoms with Gasteiger partial charge >= 0.3 is 0 Å². The second kappa shape index (κ2) is 10.1. The van der Waals surface area contributed by atoms with Gasteiger partial charge in [0.15, 0.2) is 0 Å². The molecule has 2 unspecified atom stereocenters. The zero-order valence-corrected chi connectivity index (χ0v) is 19.9. The van der Waals surface area contributed by atoms with Crippen molar-refractivity contribution in [2.75, 3.05) is 0 Å². The Kier molecular flexibility index (Phi) is 9.13. The van der Waals surface area contributed by atoms with Crippen LogP contribution in [0.2, 0.25) is 20.1 Å². The lowest BCUT2D eigenvalue weighted by Gasteiger charge is -2.13. The molecule has 0 amide bonds. The minimum Gasteiger partial charge on any atom is -0.111 e. The molecule has 2 atom stereocenters. The van der Waals surface area contributed by atoms with E-state index in [4.69, 9.17) is 69.6 Å². The van der Waals surface area contributed by atoms with Gasteiger partial charge in [-0.2, -0.15) is 0 Å². The van der Waals surface area contributed by atoms with Crippen molar-refractivity contribution in [1.29, 1.82) is 0 Å². The third-order valence-electron chi connectivity index (χ3n) is 2.77. The van der Waals surface area contributed by atoms with Crippen LogP contribution in [0.5, 0.6) is 0 Å². The molecule has 0 bridgehead atoms. The lowest BCUT2D eigenvalue weighted by Crippen LogP contribution is -1.87. The Morgan fingerprint density at radius 3 is 1.20 bits per heavy atom. The molecule has 0 aliphatic carbocycles. The molecule has 0 aliphatic rings. The Morgan fingerprint density at radius 1 is 0.600 bits per heavy atom. The molecule has 0 heterocycles. The Bertz CT molecular complexity index is 701. The van der Waals surface area contributed by atoms with Crippen LogP contribution < -0.4 is 0 Å². The summed E-state index contributed by atoms with van der Waals surface area (Å²) in [5, 5.41) is 2.34. The molecular weight excluding hydrogens is 501 g/mol. The Hall–Kier alpha value is 1.23. The van der Waals surface area contributed by atoms with Gasteiger partial charge in [0.25, 0.3) is 0 Å². The quantitative estimate of drug-likeness (QED) is 0.279. The van der Waals surface area contributed by atoms with Gasteiger partial charge in [0, 0.05) is 19.6 Å². The van der Waals surface area contributed by atoms with Crippen molar-refractivity contribution in [3.05, 3.63) is 44.4 Å². The SMILES string of the molecule is CC(Cl)Sc1cc(Cl)c(Sc2cc(Cl)c(SC(C)Cl)cc2Cl)cc1Cl. The molecule has 0 nitrogen and oxygen atoms in total. The van der Waals surface area contributed by atoms with Crippen LogP contribution in [0.15, 0.2) is 43.8 Å². The first-order valence-electron chi connectivity index (χ1n) is 6.94. The van der Waals surface area contributed by atoms with Crippen LogP contribution in [-0.2, 0) is 0 Å². The number of alkyl halides is 2. The fourth-order valence-corrected chi connectivity index (χ4v) is 6.13. The molecule has 0 aliphatic heterocycles. The van der Waals surface area contributed by atoms with Crippen molar-refractivity contribution in [2.45, 2.75) is 42.8 Å². The topological polar surface area (TPSA) is 0 Å². The van der Waals surface area contributed by atoms with E-state index in [0.717, 1.165) is 19.6 Å². The molecule has 0 fully saturated rings. The molecule has 9 heteroatoms. The summed E-state index contributed by atoms with van der Waals surface area (Å²) in [6, 6.07) is 7.24. The first-order valence-corrected chi connectivity index (χ1v) is 11.9. The van der Waals surface area contributed by atoms with Gasteiger partial charge in [-0.3, -0.25) is 0 Å². The normalized spacial score (nSPS) is 13.8. The van der Waals surface area contributed by atoms with Crippen LogP contribution in [0.4, 0.5) is 0 Å². The van der Waals surface area contributed by atoms with Gasteiger partial charge in [-0.25, -0.2) is 0 Å². The third-order valence-corrected chi connectivity index (χ3v) is 7.95. The Balaban J connectivity index is 2.30. The van der Waals surface area contributed by atoms with E-state index in [1.165, 1.54) is 35.3 Å². The second-order valence-corrected chi connectivity index (χ2v) is 12.2. The van der Waals surface area contributed by atoms with Crippen LogP contribution in [0.25, 0.3) is 0 Å². The molecule has 0 radical (unpaired) electrons. The number of benzene rings is 2. The number of hydrogen-bond acceptors (Lipinski definition) is 3. The number of hydrogen-bond donors (Lipinski definition) is 0. The van der Waals surface area contributed by atoms with Crippen molar-refractivity contribution >= 4 is 105 Å². The Labute approximate surface area is 190 Å². The van der Waals surface area contributed by atoms with Gasteiger partial charge in [-0.05, 0) is 38.1 Å². The van der Waals surface area contributed by atoms with Gasteiger partial charge in [-0.1, -0.05) is 58.2 Å². The van der Waals surface area contributed by atoms with Crippen molar-refractivity contribution in [3.63, 3.8) is 0 Å². The molecule has 0 saturated heterocycles. The largest absolute Gasteiger partial charge is 0.111 e. The van der Waals surface area contributed by atoms with Crippen molar-refractivity contribution in [2.24, 2.45) is 0 Å².